The molecule has 30 heavy (non-hydrogen) atoms. The quantitative estimate of drug-likeness (QED) is 0.677. The van der Waals surface area contributed by atoms with E-state index in [-0.39, 0.29) is 34.4 Å². The smallest absolute Gasteiger partial charge is 0.305 e. The number of carbonyl (C=O) groups excluding carboxylic acids is 2. The maximum absolute atomic E-state index is 13.3. The molecule has 4 fully saturated rings. The molecule has 0 amide bonds. The van der Waals surface area contributed by atoms with Gasteiger partial charge in [0, 0.05) is 12.3 Å². The molecule has 0 radical (unpaired) electrons. The summed E-state index contributed by atoms with van der Waals surface area (Å²) in [5.41, 5.74) is 0.0332. The van der Waals surface area contributed by atoms with Crippen molar-refractivity contribution in [2.75, 3.05) is 7.11 Å². The lowest BCUT2D eigenvalue weighted by molar-refractivity contribution is -0.184. The topological polar surface area (TPSA) is 83.8 Å². The third-order valence-electron chi connectivity index (χ3n) is 10.3. The minimum absolute atomic E-state index is 0.0102. The predicted molar refractivity (Wildman–Crippen MR) is 113 cm³/mol. The van der Waals surface area contributed by atoms with Crippen molar-refractivity contribution < 1.29 is 24.5 Å². The first-order valence-electron chi connectivity index (χ1n) is 12.1. The summed E-state index contributed by atoms with van der Waals surface area (Å²) < 4.78 is 4.83. The molecular formula is C25H40O5. The largest absolute Gasteiger partial charge is 0.469 e. The zero-order valence-corrected chi connectivity index (χ0v) is 19.1. The van der Waals surface area contributed by atoms with Gasteiger partial charge in [-0.05, 0) is 91.8 Å². The van der Waals surface area contributed by atoms with E-state index >= 15 is 0 Å². The molecule has 0 bridgehead atoms. The zero-order chi connectivity index (χ0) is 21.8. The molecular weight excluding hydrogens is 380 g/mol. The van der Waals surface area contributed by atoms with Crippen LogP contribution in [0, 0.1) is 46.3 Å². The summed E-state index contributed by atoms with van der Waals surface area (Å²) in [4.78, 5) is 24.9. The van der Waals surface area contributed by atoms with Crippen LogP contribution in [0.5, 0.6) is 0 Å². The first-order chi connectivity index (χ1) is 14.1. The number of carbonyl (C=O) groups is 2. The van der Waals surface area contributed by atoms with E-state index in [4.69, 9.17) is 4.74 Å². The number of ketones is 1. The fourth-order valence-electron chi connectivity index (χ4n) is 8.62. The molecule has 4 aliphatic carbocycles. The van der Waals surface area contributed by atoms with Crippen LogP contribution < -0.4 is 0 Å². The fraction of sp³-hybridized carbons (Fsp3) is 0.920. The molecule has 4 saturated carbocycles. The summed E-state index contributed by atoms with van der Waals surface area (Å²) >= 11 is 0. The van der Waals surface area contributed by atoms with Gasteiger partial charge in [-0.25, -0.2) is 0 Å². The molecule has 0 aliphatic heterocycles. The molecule has 0 saturated heterocycles. The van der Waals surface area contributed by atoms with Crippen LogP contribution in [0.15, 0.2) is 0 Å². The average molecular weight is 421 g/mol. The van der Waals surface area contributed by atoms with E-state index in [1.807, 2.05) is 0 Å². The summed E-state index contributed by atoms with van der Waals surface area (Å²) in [6.07, 6.45) is 6.58. The minimum Gasteiger partial charge on any atom is -0.469 e. The van der Waals surface area contributed by atoms with Gasteiger partial charge in [-0.3, -0.25) is 9.59 Å². The van der Waals surface area contributed by atoms with Gasteiger partial charge < -0.3 is 14.9 Å². The van der Waals surface area contributed by atoms with Gasteiger partial charge in [-0.1, -0.05) is 20.8 Å². The Balaban J connectivity index is 1.57. The van der Waals surface area contributed by atoms with Crippen molar-refractivity contribution in [3.05, 3.63) is 0 Å². The van der Waals surface area contributed by atoms with Crippen LogP contribution >= 0.6 is 0 Å². The molecule has 10 atom stereocenters. The monoisotopic (exact) mass is 420 g/mol. The van der Waals surface area contributed by atoms with Crippen LogP contribution in [0.1, 0.15) is 78.6 Å². The van der Waals surface area contributed by atoms with E-state index < -0.39 is 12.2 Å². The van der Waals surface area contributed by atoms with Crippen LogP contribution in [0.2, 0.25) is 0 Å². The number of fused-ring (bicyclic) bond motifs is 5. The fourth-order valence-corrected chi connectivity index (χ4v) is 8.62. The highest BCUT2D eigenvalue weighted by molar-refractivity contribution is 5.87. The van der Waals surface area contributed by atoms with E-state index in [2.05, 4.69) is 20.8 Å². The lowest BCUT2D eigenvalue weighted by Gasteiger charge is -2.61. The Hall–Kier alpha value is -0.940. The van der Waals surface area contributed by atoms with Gasteiger partial charge in [0.25, 0.3) is 0 Å². The highest BCUT2D eigenvalue weighted by Gasteiger charge is 2.65. The van der Waals surface area contributed by atoms with Crippen molar-refractivity contribution in [2.24, 2.45) is 46.3 Å². The predicted octanol–water partition coefficient (Wildman–Crippen LogP) is 3.75. The molecule has 5 nitrogen and oxygen atoms in total. The van der Waals surface area contributed by atoms with E-state index in [9.17, 15) is 19.8 Å². The van der Waals surface area contributed by atoms with E-state index in [1.54, 1.807) is 0 Å². The van der Waals surface area contributed by atoms with Gasteiger partial charge in [-0.2, -0.15) is 0 Å². The first-order valence-corrected chi connectivity index (χ1v) is 12.1. The highest BCUT2D eigenvalue weighted by Crippen LogP contribution is 2.67. The maximum atomic E-state index is 13.3. The number of hydrogen-bond donors (Lipinski definition) is 2. The number of aliphatic hydroxyl groups excluding tert-OH is 2. The molecule has 0 aromatic heterocycles. The number of esters is 1. The van der Waals surface area contributed by atoms with Gasteiger partial charge >= 0.3 is 5.97 Å². The maximum Gasteiger partial charge on any atom is 0.305 e. The molecule has 0 aromatic rings. The number of methoxy groups -OCH3 is 1. The number of rotatable bonds is 4. The molecule has 4 unspecified atom stereocenters. The first kappa shape index (κ1) is 22.3. The van der Waals surface area contributed by atoms with Crippen molar-refractivity contribution >= 4 is 11.8 Å². The third-order valence-corrected chi connectivity index (χ3v) is 10.3. The molecule has 0 heterocycles. The van der Waals surface area contributed by atoms with Crippen molar-refractivity contribution in [1.29, 1.82) is 0 Å². The number of Topliss-reactive ketones (excluding diaryl/α,β-unsaturated/α-hetero) is 1. The average Bonchev–Trinajstić information content (AvgIpc) is 3.08. The van der Waals surface area contributed by atoms with Gasteiger partial charge in [0.1, 0.15) is 6.10 Å². The Kier molecular flexibility index (Phi) is 5.85. The lowest BCUT2D eigenvalue weighted by atomic mass is 9.43. The summed E-state index contributed by atoms with van der Waals surface area (Å²) in [5.74, 6) is 1.38. The van der Waals surface area contributed by atoms with Gasteiger partial charge in [0.05, 0.1) is 13.2 Å². The lowest BCUT2D eigenvalue weighted by Crippen LogP contribution is -2.62. The van der Waals surface area contributed by atoms with Gasteiger partial charge in [-0.15, -0.1) is 0 Å². The normalized spacial score (nSPS) is 49.0. The summed E-state index contributed by atoms with van der Waals surface area (Å²) in [6.45, 7) is 6.91. The van der Waals surface area contributed by atoms with E-state index in [1.165, 1.54) is 7.11 Å². The summed E-state index contributed by atoms with van der Waals surface area (Å²) in [6, 6.07) is 0. The SMILES string of the molecule is COC(=O)CC[C@@H](C)C1CCC2C3C(CC[C@@]21C)[C@@]1(C)CC[C@@H](O)C[C@H]1C(=O)[C@H]3O. The molecule has 4 rings (SSSR count). The Bertz CT molecular complexity index is 691. The van der Waals surface area contributed by atoms with Crippen LogP contribution in [0.4, 0.5) is 0 Å². The molecule has 5 heteroatoms. The molecule has 2 N–H and O–H groups in total. The Labute approximate surface area is 180 Å². The Morgan fingerprint density at radius 2 is 1.77 bits per heavy atom. The van der Waals surface area contributed by atoms with E-state index in [0.717, 1.165) is 44.9 Å². The highest BCUT2D eigenvalue weighted by atomic mass is 16.5. The van der Waals surface area contributed by atoms with Crippen molar-refractivity contribution in [3.63, 3.8) is 0 Å². The minimum atomic E-state index is -0.882. The Morgan fingerprint density at radius 1 is 1.10 bits per heavy atom. The second-order valence-electron chi connectivity index (χ2n) is 11.4. The van der Waals surface area contributed by atoms with Crippen LogP contribution in [0.3, 0.4) is 0 Å². The molecule has 0 aromatic carbocycles. The van der Waals surface area contributed by atoms with E-state index in [0.29, 0.717) is 36.5 Å². The number of hydrogen-bond acceptors (Lipinski definition) is 5. The molecule has 170 valence electrons. The molecule has 4 aliphatic rings. The zero-order valence-electron chi connectivity index (χ0n) is 19.1. The van der Waals surface area contributed by atoms with Crippen molar-refractivity contribution in [1.82, 2.24) is 0 Å². The second kappa shape index (κ2) is 7.88. The number of aliphatic hydroxyl groups is 2. The number of ether oxygens (including phenoxy) is 1. The van der Waals surface area contributed by atoms with Crippen LogP contribution in [-0.4, -0.2) is 41.3 Å². The van der Waals surface area contributed by atoms with Gasteiger partial charge in [0.2, 0.25) is 0 Å². The van der Waals surface area contributed by atoms with Crippen LogP contribution in [0.25, 0.3) is 0 Å². The van der Waals surface area contributed by atoms with Gasteiger partial charge in [0.15, 0.2) is 5.78 Å². The standard InChI is InChI=1S/C25H40O5/c1-14(5-8-20(27)30-4)16-6-7-17-21-18(10-12-24(16,17)2)25(3)11-9-15(26)13-19(25)22(28)23(21)29/h14-19,21,23,26,29H,5-13H2,1-4H3/t14-,15-,16?,17?,18?,19+,21?,23+,24-,25-/m1/s1. The third kappa shape index (κ3) is 3.26. The van der Waals surface area contributed by atoms with Crippen LogP contribution in [-0.2, 0) is 14.3 Å². The second-order valence-corrected chi connectivity index (χ2v) is 11.4. The molecule has 0 spiro atoms. The van der Waals surface area contributed by atoms with Crippen molar-refractivity contribution in [3.8, 4) is 0 Å². The van der Waals surface area contributed by atoms with Crippen molar-refractivity contribution in [2.45, 2.75) is 90.8 Å². The summed E-state index contributed by atoms with van der Waals surface area (Å²) in [5, 5.41) is 21.4. The summed E-state index contributed by atoms with van der Waals surface area (Å²) in [7, 11) is 1.45. The Morgan fingerprint density at radius 3 is 2.47 bits per heavy atom.